The van der Waals surface area contributed by atoms with Crippen molar-refractivity contribution in [3.05, 3.63) is 51.1 Å². The summed E-state index contributed by atoms with van der Waals surface area (Å²) in [7, 11) is 1.72. The van der Waals surface area contributed by atoms with Crippen molar-refractivity contribution < 1.29 is 14.8 Å². The van der Waals surface area contributed by atoms with E-state index in [1.54, 1.807) is 17.7 Å². The van der Waals surface area contributed by atoms with Crippen molar-refractivity contribution in [1.29, 1.82) is 0 Å². The molecule has 0 bridgehead atoms. The van der Waals surface area contributed by atoms with E-state index in [1.807, 2.05) is 0 Å². The molecule has 0 radical (unpaired) electrons. The van der Waals surface area contributed by atoms with E-state index < -0.39 is 4.92 Å². The number of hydrogen-bond donors (Lipinski definition) is 1. The van der Waals surface area contributed by atoms with Crippen LogP contribution in [0.5, 0.6) is 5.75 Å². The number of halogens is 1. The monoisotopic (exact) mass is 297 g/mol. The van der Waals surface area contributed by atoms with Crippen molar-refractivity contribution in [2.75, 3.05) is 0 Å². The number of aliphatic hydroxyl groups is 1. The van der Waals surface area contributed by atoms with Crippen molar-refractivity contribution in [1.82, 2.24) is 9.55 Å². The number of nitro benzene ring substituents is 1. The van der Waals surface area contributed by atoms with Gasteiger partial charge in [-0.3, -0.25) is 10.1 Å². The lowest BCUT2D eigenvalue weighted by Crippen LogP contribution is -2.05. The molecule has 0 amide bonds. The molecule has 0 aliphatic heterocycles. The Hall–Kier alpha value is -2.12. The van der Waals surface area contributed by atoms with Crippen LogP contribution in [0.1, 0.15) is 11.4 Å². The standard InChI is InChI=1S/C12H12ClN3O4/c1-15-11(13)5-14-12(15)7-20-10-3-2-8(6-17)4-9(10)16(18)19/h2-5,17H,6-7H2,1H3. The molecule has 0 aliphatic carbocycles. The van der Waals surface area contributed by atoms with E-state index in [9.17, 15) is 10.1 Å². The Morgan fingerprint density at radius 2 is 2.30 bits per heavy atom. The average Bonchev–Trinajstić information content (AvgIpc) is 2.76. The van der Waals surface area contributed by atoms with Gasteiger partial charge in [-0.15, -0.1) is 0 Å². The summed E-state index contributed by atoms with van der Waals surface area (Å²) in [5, 5.41) is 20.4. The molecule has 1 heterocycles. The van der Waals surface area contributed by atoms with Crippen LogP contribution in [0.25, 0.3) is 0 Å². The highest BCUT2D eigenvalue weighted by atomic mass is 35.5. The molecule has 2 rings (SSSR count). The molecule has 20 heavy (non-hydrogen) atoms. The second-order valence-corrected chi connectivity index (χ2v) is 4.45. The van der Waals surface area contributed by atoms with E-state index in [0.717, 1.165) is 0 Å². The van der Waals surface area contributed by atoms with Crippen LogP contribution in [-0.2, 0) is 20.3 Å². The molecule has 8 heteroatoms. The van der Waals surface area contributed by atoms with E-state index >= 15 is 0 Å². The number of aliphatic hydroxyl groups excluding tert-OH is 1. The van der Waals surface area contributed by atoms with Gasteiger partial charge < -0.3 is 14.4 Å². The van der Waals surface area contributed by atoms with Crippen LogP contribution in [0.3, 0.4) is 0 Å². The third-order valence-electron chi connectivity index (χ3n) is 2.79. The first-order valence-corrected chi connectivity index (χ1v) is 6.07. The SMILES string of the molecule is Cn1c(Cl)cnc1COc1ccc(CO)cc1[N+](=O)[O-]. The van der Waals surface area contributed by atoms with Gasteiger partial charge in [0.05, 0.1) is 17.7 Å². The summed E-state index contributed by atoms with van der Waals surface area (Å²) < 4.78 is 7.03. The highest BCUT2D eigenvalue weighted by Crippen LogP contribution is 2.28. The molecular formula is C12H12ClN3O4. The zero-order valence-corrected chi connectivity index (χ0v) is 11.4. The number of benzene rings is 1. The second-order valence-electron chi connectivity index (χ2n) is 4.06. The molecule has 0 unspecified atom stereocenters. The third kappa shape index (κ3) is 2.89. The van der Waals surface area contributed by atoms with Crippen molar-refractivity contribution in [3.8, 4) is 5.75 Å². The van der Waals surface area contributed by atoms with Crippen molar-refractivity contribution in [2.45, 2.75) is 13.2 Å². The first-order valence-electron chi connectivity index (χ1n) is 5.70. The predicted octanol–water partition coefficient (Wildman–Crippen LogP) is 2.05. The van der Waals surface area contributed by atoms with Gasteiger partial charge in [-0.25, -0.2) is 4.98 Å². The summed E-state index contributed by atoms with van der Waals surface area (Å²) >= 11 is 5.84. The molecule has 0 atom stereocenters. The maximum absolute atomic E-state index is 11.0. The average molecular weight is 298 g/mol. The molecule has 0 spiro atoms. The summed E-state index contributed by atoms with van der Waals surface area (Å²) in [6.07, 6.45) is 1.48. The zero-order chi connectivity index (χ0) is 14.7. The van der Waals surface area contributed by atoms with Crippen LogP contribution in [0.15, 0.2) is 24.4 Å². The molecule has 0 aliphatic rings. The van der Waals surface area contributed by atoms with Crippen LogP contribution in [0.2, 0.25) is 5.15 Å². The summed E-state index contributed by atoms with van der Waals surface area (Å²) in [5.74, 6) is 0.668. The normalized spacial score (nSPS) is 10.6. The molecule has 0 saturated heterocycles. The van der Waals surface area contributed by atoms with E-state index in [4.69, 9.17) is 21.4 Å². The predicted molar refractivity (Wildman–Crippen MR) is 71.6 cm³/mol. The maximum Gasteiger partial charge on any atom is 0.311 e. The van der Waals surface area contributed by atoms with Gasteiger partial charge in [0.1, 0.15) is 17.6 Å². The number of nitro groups is 1. The smallest absolute Gasteiger partial charge is 0.311 e. The number of hydrogen-bond acceptors (Lipinski definition) is 5. The Balaban J connectivity index is 2.21. The molecular weight excluding hydrogens is 286 g/mol. The van der Waals surface area contributed by atoms with Crippen LogP contribution in [0, 0.1) is 10.1 Å². The summed E-state index contributed by atoms with van der Waals surface area (Å²) in [5.41, 5.74) is 0.251. The van der Waals surface area contributed by atoms with Crippen LogP contribution in [-0.4, -0.2) is 19.6 Å². The highest BCUT2D eigenvalue weighted by molar-refractivity contribution is 6.29. The number of imidazole rings is 1. The van der Waals surface area contributed by atoms with Crippen molar-refractivity contribution >= 4 is 17.3 Å². The van der Waals surface area contributed by atoms with Gasteiger partial charge in [0.25, 0.3) is 0 Å². The minimum absolute atomic E-state index is 0.0581. The van der Waals surface area contributed by atoms with Gasteiger partial charge in [-0.2, -0.15) is 0 Å². The van der Waals surface area contributed by atoms with Gasteiger partial charge in [0.15, 0.2) is 5.75 Å². The lowest BCUT2D eigenvalue weighted by molar-refractivity contribution is -0.386. The molecule has 1 N–H and O–H groups in total. The molecule has 0 saturated carbocycles. The fraction of sp³-hybridized carbons (Fsp3) is 0.250. The van der Waals surface area contributed by atoms with Crippen LogP contribution < -0.4 is 4.74 Å². The molecule has 7 nitrogen and oxygen atoms in total. The fourth-order valence-corrected chi connectivity index (χ4v) is 1.77. The highest BCUT2D eigenvalue weighted by Gasteiger charge is 2.17. The fourth-order valence-electron chi connectivity index (χ4n) is 1.63. The Labute approximate surface area is 119 Å². The van der Waals surface area contributed by atoms with Crippen LogP contribution in [0.4, 0.5) is 5.69 Å². The van der Waals surface area contributed by atoms with E-state index in [-0.39, 0.29) is 24.7 Å². The zero-order valence-electron chi connectivity index (χ0n) is 10.6. The Bertz CT molecular complexity index is 642. The Morgan fingerprint density at radius 1 is 1.55 bits per heavy atom. The van der Waals surface area contributed by atoms with E-state index in [2.05, 4.69) is 4.98 Å². The lowest BCUT2D eigenvalue weighted by atomic mass is 10.2. The Kier molecular flexibility index (Phi) is 4.21. The van der Waals surface area contributed by atoms with Crippen LogP contribution >= 0.6 is 11.6 Å². The lowest BCUT2D eigenvalue weighted by Gasteiger charge is -2.08. The van der Waals surface area contributed by atoms with E-state index in [0.29, 0.717) is 16.5 Å². The molecule has 0 fully saturated rings. The quantitative estimate of drug-likeness (QED) is 0.674. The minimum Gasteiger partial charge on any atom is -0.479 e. The van der Waals surface area contributed by atoms with Gasteiger partial charge in [0, 0.05) is 13.1 Å². The summed E-state index contributed by atoms with van der Waals surface area (Å²) in [4.78, 5) is 14.5. The molecule has 1 aromatic carbocycles. The Morgan fingerprint density at radius 3 is 2.85 bits per heavy atom. The topological polar surface area (TPSA) is 90.4 Å². The molecule has 106 valence electrons. The number of nitrogens with zero attached hydrogens (tertiary/aromatic N) is 3. The number of aromatic nitrogens is 2. The number of rotatable bonds is 5. The minimum atomic E-state index is -0.556. The van der Waals surface area contributed by atoms with Crippen molar-refractivity contribution in [2.24, 2.45) is 7.05 Å². The largest absolute Gasteiger partial charge is 0.479 e. The first kappa shape index (κ1) is 14.3. The third-order valence-corrected chi connectivity index (χ3v) is 3.14. The van der Waals surface area contributed by atoms with Gasteiger partial charge in [-0.1, -0.05) is 17.7 Å². The van der Waals surface area contributed by atoms with Gasteiger partial charge in [-0.05, 0) is 11.6 Å². The second kappa shape index (κ2) is 5.89. The molecule has 1 aromatic heterocycles. The van der Waals surface area contributed by atoms with Gasteiger partial charge in [0.2, 0.25) is 0 Å². The summed E-state index contributed by atoms with van der Waals surface area (Å²) in [6.45, 7) is -0.210. The van der Waals surface area contributed by atoms with Gasteiger partial charge >= 0.3 is 5.69 Å². The molecule has 2 aromatic rings. The van der Waals surface area contributed by atoms with E-state index in [1.165, 1.54) is 18.3 Å². The summed E-state index contributed by atoms with van der Waals surface area (Å²) in [6, 6.07) is 4.29. The number of ether oxygens (including phenoxy) is 1. The van der Waals surface area contributed by atoms with Crippen molar-refractivity contribution in [3.63, 3.8) is 0 Å². The first-order chi connectivity index (χ1) is 9.52. The maximum atomic E-state index is 11.0.